The maximum Gasteiger partial charge on any atom is 0.379 e. The molecule has 0 aliphatic heterocycles. The van der Waals surface area contributed by atoms with Crippen molar-refractivity contribution in [3.8, 4) is 0 Å². The molecular weight excluding hydrogens is 174 g/mol. The molecule has 0 saturated heterocycles. The number of nitrogens with two attached hydrogens (primary N) is 1. The SMILES string of the molecule is CCOC(=O)c1noc(C(C)N)n1. The molecule has 0 amide bonds. The van der Waals surface area contributed by atoms with Gasteiger partial charge >= 0.3 is 5.97 Å². The lowest BCUT2D eigenvalue weighted by Crippen LogP contribution is -2.08. The van der Waals surface area contributed by atoms with Crippen LogP contribution in [-0.4, -0.2) is 22.7 Å². The summed E-state index contributed by atoms with van der Waals surface area (Å²) >= 11 is 0. The molecule has 72 valence electrons. The van der Waals surface area contributed by atoms with Crippen molar-refractivity contribution in [1.82, 2.24) is 10.1 Å². The van der Waals surface area contributed by atoms with Crippen LogP contribution >= 0.6 is 0 Å². The minimum Gasteiger partial charge on any atom is -0.460 e. The third-order valence-corrected chi connectivity index (χ3v) is 1.29. The maximum atomic E-state index is 11.0. The summed E-state index contributed by atoms with van der Waals surface area (Å²) in [5, 5.41) is 3.42. The fraction of sp³-hybridized carbons (Fsp3) is 0.571. The van der Waals surface area contributed by atoms with Gasteiger partial charge in [-0.25, -0.2) is 4.79 Å². The first-order chi connectivity index (χ1) is 6.15. The number of hydrogen-bond donors (Lipinski definition) is 1. The largest absolute Gasteiger partial charge is 0.460 e. The van der Waals surface area contributed by atoms with Crippen molar-refractivity contribution in [2.45, 2.75) is 19.9 Å². The highest BCUT2D eigenvalue weighted by molar-refractivity contribution is 5.84. The molecule has 0 saturated carbocycles. The molecule has 0 bridgehead atoms. The molecule has 1 atom stereocenters. The van der Waals surface area contributed by atoms with Gasteiger partial charge in [0.1, 0.15) is 0 Å². The van der Waals surface area contributed by atoms with Gasteiger partial charge in [0.05, 0.1) is 12.6 Å². The summed E-state index contributed by atoms with van der Waals surface area (Å²) in [6.07, 6.45) is 0. The maximum absolute atomic E-state index is 11.0. The number of esters is 1. The Morgan fingerprint density at radius 2 is 2.46 bits per heavy atom. The standard InChI is InChI=1S/C7H11N3O3/c1-3-12-7(11)5-9-6(4(2)8)13-10-5/h4H,3,8H2,1-2H3. The molecule has 6 heteroatoms. The van der Waals surface area contributed by atoms with E-state index in [4.69, 9.17) is 10.3 Å². The number of rotatable bonds is 3. The molecular formula is C7H11N3O3. The highest BCUT2D eigenvalue weighted by Crippen LogP contribution is 2.06. The van der Waals surface area contributed by atoms with E-state index in [1.54, 1.807) is 13.8 Å². The normalized spacial score (nSPS) is 12.5. The fourth-order valence-electron chi connectivity index (χ4n) is 0.699. The van der Waals surface area contributed by atoms with E-state index in [1.807, 2.05) is 0 Å². The van der Waals surface area contributed by atoms with Gasteiger partial charge in [-0.1, -0.05) is 0 Å². The number of aromatic nitrogens is 2. The van der Waals surface area contributed by atoms with Crippen molar-refractivity contribution in [2.24, 2.45) is 5.73 Å². The number of carbonyl (C=O) groups is 1. The van der Waals surface area contributed by atoms with Crippen molar-refractivity contribution in [1.29, 1.82) is 0 Å². The second kappa shape index (κ2) is 3.99. The van der Waals surface area contributed by atoms with Crippen LogP contribution in [0.2, 0.25) is 0 Å². The average Bonchev–Trinajstić information content (AvgIpc) is 2.52. The van der Waals surface area contributed by atoms with E-state index in [1.165, 1.54) is 0 Å². The number of hydrogen-bond acceptors (Lipinski definition) is 6. The van der Waals surface area contributed by atoms with Gasteiger partial charge in [-0.3, -0.25) is 0 Å². The van der Waals surface area contributed by atoms with Crippen molar-refractivity contribution in [2.75, 3.05) is 6.61 Å². The number of ether oxygens (including phenoxy) is 1. The van der Waals surface area contributed by atoms with Crippen molar-refractivity contribution in [3.05, 3.63) is 11.7 Å². The Morgan fingerprint density at radius 1 is 1.77 bits per heavy atom. The lowest BCUT2D eigenvalue weighted by atomic mass is 10.4. The molecule has 1 aromatic rings. The van der Waals surface area contributed by atoms with Gasteiger partial charge in [-0.15, -0.1) is 0 Å². The number of nitrogens with zero attached hydrogens (tertiary/aromatic N) is 2. The van der Waals surface area contributed by atoms with E-state index in [0.29, 0.717) is 0 Å². The van der Waals surface area contributed by atoms with Crippen LogP contribution in [0.5, 0.6) is 0 Å². The second-order valence-corrected chi connectivity index (χ2v) is 2.47. The van der Waals surface area contributed by atoms with Crippen LogP contribution in [0.15, 0.2) is 4.52 Å². The van der Waals surface area contributed by atoms with E-state index in [0.717, 1.165) is 0 Å². The predicted molar refractivity (Wildman–Crippen MR) is 42.9 cm³/mol. The van der Waals surface area contributed by atoms with Crippen LogP contribution < -0.4 is 5.73 Å². The van der Waals surface area contributed by atoms with E-state index < -0.39 is 5.97 Å². The summed E-state index contributed by atoms with van der Waals surface area (Å²) in [5.41, 5.74) is 5.45. The molecule has 0 spiro atoms. The molecule has 0 aliphatic rings. The molecule has 2 N–H and O–H groups in total. The summed E-state index contributed by atoms with van der Waals surface area (Å²) in [6.45, 7) is 3.66. The predicted octanol–water partition coefficient (Wildman–Crippen LogP) is 0.266. The average molecular weight is 185 g/mol. The van der Waals surface area contributed by atoms with Crippen LogP contribution in [0, 0.1) is 0 Å². The summed E-state index contributed by atoms with van der Waals surface area (Å²) in [7, 11) is 0. The first-order valence-corrected chi connectivity index (χ1v) is 3.91. The Labute approximate surface area is 75.1 Å². The molecule has 1 aromatic heterocycles. The minimum absolute atomic E-state index is 0.0887. The quantitative estimate of drug-likeness (QED) is 0.679. The first kappa shape index (κ1) is 9.66. The molecule has 1 heterocycles. The Morgan fingerprint density at radius 3 is 2.92 bits per heavy atom. The zero-order chi connectivity index (χ0) is 9.84. The molecule has 0 aromatic carbocycles. The third-order valence-electron chi connectivity index (χ3n) is 1.29. The van der Waals surface area contributed by atoms with Gasteiger partial charge in [0.15, 0.2) is 0 Å². The van der Waals surface area contributed by atoms with Crippen molar-refractivity contribution >= 4 is 5.97 Å². The Balaban J connectivity index is 2.73. The van der Waals surface area contributed by atoms with Gasteiger partial charge in [0.2, 0.25) is 5.89 Å². The summed E-state index contributed by atoms with van der Waals surface area (Å²) in [4.78, 5) is 14.8. The Hall–Kier alpha value is -1.43. The molecule has 13 heavy (non-hydrogen) atoms. The van der Waals surface area contributed by atoms with Crippen LogP contribution in [0.1, 0.15) is 36.4 Å². The van der Waals surface area contributed by atoms with Crippen LogP contribution in [0.4, 0.5) is 0 Å². The molecule has 0 aliphatic carbocycles. The van der Waals surface area contributed by atoms with Crippen LogP contribution in [0.3, 0.4) is 0 Å². The van der Waals surface area contributed by atoms with E-state index in [-0.39, 0.29) is 24.4 Å². The van der Waals surface area contributed by atoms with E-state index in [9.17, 15) is 4.79 Å². The zero-order valence-electron chi connectivity index (χ0n) is 7.48. The summed E-state index contributed by atoms with van der Waals surface area (Å²) in [6, 6.07) is -0.379. The van der Waals surface area contributed by atoms with Crippen LogP contribution in [-0.2, 0) is 4.74 Å². The highest BCUT2D eigenvalue weighted by atomic mass is 16.5. The topological polar surface area (TPSA) is 91.2 Å². The van der Waals surface area contributed by atoms with E-state index >= 15 is 0 Å². The minimum atomic E-state index is -0.599. The lowest BCUT2D eigenvalue weighted by molar-refractivity contribution is 0.0508. The fourth-order valence-corrected chi connectivity index (χ4v) is 0.699. The molecule has 1 unspecified atom stereocenters. The van der Waals surface area contributed by atoms with Gasteiger partial charge < -0.3 is 15.0 Å². The smallest absolute Gasteiger partial charge is 0.379 e. The Bertz CT molecular complexity index is 295. The highest BCUT2D eigenvalue weighted by Gasteiger charge is 2.16. The Kier molecular flexibility index (Phi) is 2.97. The number of carbonyl (C=O) groups excluding carboxylic acids is 1. The molecule has 0 fully saturated rings. The van der Waals surface area contributed by atoms with Crippen molar-refractivity contribution < 1.29 is 14.1 Å². The van der Waals surface area contributed by atoms with Gasteiger partial charge in [0, 0.05) is 0 Å². The monoisotopic (exact) mass is 185 g/mol. The second-order valence-electron chi connectivity index (χ2n) is 2.47. The molecule has 1 rings (SSSR count). The third kappa shape index (κ3) is 2.25. The van der Waals surface area contributed by atoms with Crippen LogP contribution in [0.25, 0.3) is 0 Å². The van der Waals surface area contributed by atoms with Gasteiger partial charge in [0.25, 0.3) is 5.82 Å². The summed E-state index contributed by atoms with van der Waals surface area (Å²) in [5.74, 6) is -0.463. The molecule has 0 radical (unpaired) electrons. The zero-order valence-corrected chi connectivity index (χ0v) is 7.48. The van der Waals surface area contributed by atoms with Crippen molar-refractivity contribution in [3.63, 3.8) is 0 Å². The van der Waals surface area contributed by atoms with E-state index in [2.05, 4.69) is 14.9 Å². The molecule has 6 nitrogen and oxygen atoms in total. The summed E-state index contributed by atoms with van der Waals surface area (Å²) < 4.78 is 9.36. The van der Waals surface area contributed by atoms with Gasteiger partial charge in [-0.05, 0) is 19.0 Å². The van der Waals surface area contributed by atoms with Gasteiger partial charge in [-0.2, -0.15) is 4.98 Å². The lowest BCUT2D eigenvalue weighted by Gasteiger charge is -1.94. The first-order valence-electron chi connectivity index (χ1n) is 3.91.